The van der Waals surface area contributed by atoms with Crippen LogP contribution in [0.25, 0.3) is 0 Å². The SMILES string of the molecule is CCCNc1cncc(C(=O)N(C)C2CCOC2C)n1. The second-order valence-corrected chi connectivity index (χ2v) is 5.06. The summed E-state index contributed by atoms with van der Waals surface area (Å²) in [7, 11) is 1.80. The average molecular weight is 278 g/mol. The summed E-state index contributed by atoms with van der Waals surface area (Å²) in [4.78, 5) is 22.6. The molecule has 0 radical (unpaired) electrons. The van der Waals surface area contributed by atoms with Crippen molar-refractivity contribution in [3.05, 3.63) is 18.1 Å². The number of carbonyl (C=O) groups is 1. The number of hydrogen-bond donors (Lipinski definition) is 1. The van der Waals surface area contributed by atoms with Crippen LogP contribution in [0.2, 0.25) is 0 Å². The lowest BCUT2D eigenvalue weighted by molar-refractivity contribution is 0.0569. The van der Waals surface area contributed by atoms with Gasteiger partial charge in [0.25, 0.3) is 5.91 Å². The van der Waals surface area contributed by atoms with E-state index in [1.54, 1.807) is 18.1 Å². The smallest absolute Gasteiger partial charge is 0.274 e. The minimum absolute atomic E-state index is 0.0679. The number of carbonyl (C=O) groups excluding carboxylic acids is 1. The monoisotopic (exact) mass is 278 g/mol. The minimum Gasteiger partial charge on any atom is -0.376 e. The zero-order chi connectivity index (χ0) is 14.5. The van der Waals surface area contributed by atoms with E-state index < -0.39 is 0 Å². The molecule has 0 spiro atoms. The maximum atomic E-state index is 12.4. The summed E-state index contributed by atoms with van der Waals surface area (Å²) in [6.07, 6.45) is 5.07. The Bertz CT molecular complexity index is 466. The van der Waals surface area contributed by atoms with Crippen LogP contribution in [0, 0.1) is 0 Å². The Morgan fingerprint density at radius 3 is 3.00 bits per heavy atom. The molecule has 1 aromatic rings. The van der Waals surface area contributed by atoms with Crippen molar-refractivity contribution < 1.29 is 9.53 Å². The van der Waals surface area contributed by atoms with Crippen LogP contribution in [0.4, 0.5) is 5.82 Å². The van der Waals surface area contributed by atoms with Crippen LogP contribution in [0.1, 0.15) is 37.2 Å². The molecule has 1 amide bonds. The molecule has 20 heavy (non-hydrogen) atoms. The van der Waals surface area contributed by atoms with E-state index in [0.29, 0.717) is 18.1 Å². The molecule has 1 aromatic heterocycles. The van der Waals surface area contributed by atoms with E-state index >= 15 is 0 Å². The molecular formula is C14H22N4O2. The Hall–Kier alpha value is -1.69. The quantitative estimate of drug-likeness (QED) is 0.885. The number of rotatable bonds is 5. The van der Waals surface area contributed by atoms with Gasteiger partial charge in [0.2, 0.25) is 0 Å². The Morgan fingerprint density at radius 2 is 2.35 bits per heavy atom. The van der Waals surface area contributed by atoms with Gasteiger partial charge in [-0.25, -0.2) is 4.98 Å². The number of aromatic nitrogens is 2. The molecule has 2 heterocycles. The van der Waals surface area contributed by atoms with Crippen molar-refractivity contribution in [2.24, 2.45) is 0 Å². The van der Waals surface area contributed by atoms with Crippen LogP contribution in [0.5, 0.6) is 0 Å². The van der Waals surface area contributed by atoms with E-state index in [0.717, 1.165) is 19.4 Å². The fourth-order valence-electron chi connectivity index (χ4n) is 2.37. The van der Waals surface area contributed by atoms with E-state index in [1.165, 1.54) is 6.20 Å². The topological polar surface area (TPSA) is 67.4 Å². The van der Waals surface area contributed by atoms with Gasteiger partial charge in [-0.3, -0.25) is 9.78 Å². The lowest BCUT2D eigenvalue weighted by Gasteiger charge is -2.26. The molecule has 0 aliphatic carbocycles. The molecule has 1 saturated heterocycles. The van der Waals surface area contributed by atoms with Gasteiger partial charge in [0, 0.05) is 20.2 Å². The number of hydrogen-bond acceptors (Lipinski definition) is 5. The highest BCUT2D eigenvalue weighted by Gasteiger charge is 2.31. The van der Waals surface area contributed by atoms with Gasteiger partial charge in [-0.05, 0) is 19.8 Å². The van der Waals surface area contributed by atoms with E-state index in [9.17, 15) is 4.79 Å². The van der Waals surface area contributed by atoms with E-state index in [2.05, 4.69) is 22.2 Å². The molecule has 2 atom stereocenters. The number of likely N-dealkylation sites (N-methyl/N-ethyl adjacent to an activating group) is 1. The third kappa shape index (κ3) is 3.25. The van der Waals surface area contributed by atoms with E-state index in [-0.39, 0.29) is 18.1 Å². The van der Waals surface area contributed by atoms with Crippen LogP contribution in [-0.4, -0.2) is 53.1 Å². The molecule has 110 valence electrons. The largest absolute Gasteiger partial charge is 0.376 e. The number of nitrogens with zero attached hydrogens (tertiary/aromatic N) is 3. The molecule has 1 fully saturated rings. The van der Waals surface area contributed by atoms with Crippen LogP contribution in [-0.2, 0) is 4.74 Å². The van der Waals surface area contributed by atoms with Crippen LogP contribution >= 0.6 is 0 Å². The minimum atomic E-state index is -0.111. The standard InChI is InChI=1S/C14H22N4O2/c1-4-6-16-13-9-15-8-11(17-13)14(19)18(3)12-5-7-20-10(12)2/h8-10,12H,4-7H2,1-3H3,(H,16,17). The maximum Gasteiger partial charge on any atom is 0.274 e. The Labute approximate surface area is 119 Å². The van der Waals surface area contributed by atoms with Gasteiger partial charge in [0.05, 0.1) is 24.5 Å². The molecule has 6 nitrogen and oxygen atoms in total. The van der Waals surface area contributed by atoms with Gasteiger partial charge >= 0.3 is 0 Å². The van der Waals surface area contributed by atoms with Gasteiger partial charge in [0.1, 0.15) is 11.5 Å². The maximum absolute atomic E-state index is 12.4. The Kier molecular flexibility index (Phi) is 4.89. The van der Waals surface area contributed by atoms with Gasteiger partial charge in [0.15, 0.2) is 0 Å². The molecule has 0 aromatic carbocycles. The average Bonchev–Trinajstić information content (AvgIpc) is 2.90. The van der Waals surface area contributed by atoms with Gasteiger partial charge < -0.3 is 15.0 Å². The van der Waals surface area contributed by atoms with Gasteiger partial charge in [-0.15, -0.1) is 0 Å². The van der Waals surface area contributed by atoms with E-state index in [1.807, 2.05) is 6.92 Å². The van der Waals surface area contributed by atoms with Crippen molar-refractivity contribution in [1.29, 1.82) is 0 Å². The fourth-order valence-corrected chi connectivity index (χ4v) is 2.37. The summed E-state index contributed by atoms with van der Waals surface area (Å²) in [5.41, 5.74) is 0.368. The first kappa shape index (κ1) is 14.7. The summed E-state index contributed by atoms with van der Waals surface area (Å²) in [6, 6.07) is 0.108. The lowest BCUT2D eigenvalue weighted by atomic mass is 10.1. The molecule has 0 bridgehead atoms. The Morgan fingerprint density at radius 1 is 1.55 bits per heavy atom. The molecular weight excluding hydrogens is 256 g/mol. The van der Waals surface area contributed by atoms with Crippen molar-refractivity contribution in [3.8, 4) is 0 Å². The number of anilines is 1. The summed E-state index contributed by atoms with van der Waals surface area (Å²) < 4.78 is 5.51. The second-order valence-electron chi connectivity index (χ2n) is 5.06. The third-order valence-corrected chi connectivity index (χ3v) is 3.56. The van der Waals surface area contributed by atoms with Crippen molar-refractivity contribution in [1.82, 2.24) is 14.9 Å². The first-order chi connectivity index (χ1) is 9.63. The lowest BCUT2D eigenvalue weighted by Crippen LogP contribution is -2.41. The zero-order valence-electron chi connectivity index (χ0n) is 12.3. The van der Waals surface area contributed by atoms with E-state index in [4.69, 9.17) is 4.74 Å². The van der Waals surface area contributed by atoms with Gasteiger partial charge in [-0.1, -0.05) is 6.92 Å². The molecule has 1 aliphatic rings. The summed E-state index contributed by atoms with van der Waals surface area (Å²) in [5, 5.41) is 3.14. The highest BCUT2D eigenvalue weighted by molar-refractivity contribution is 5.92. The molecule has 2 rings (SSSR count). The van der Waals surface area contributed by atoms with Crippen molar-refractivity contribution >= 4 is 11.7 Å². The summed E-state index contributed by atoms with van der Waals surface area (Å²) in [6.45, 7) is 5.58. The number of ether oxygens (including phenoxy) is 1. The van der Waals surface area contributed by atoms with Crippen LogP contribution < -0.4 is 5.32 Å². The highest BCUT2D eigenvalue weighted by atomic mass is 16.5. The number of nitrogens with one attached hydrogen (secondary N) is 1. The van der Waals surface area contributed by atoms with Crippen molar-refractivity contribution in [3.63, 3.8) is 0 Å². The molecule has 1 N–H and O–H groups in total. The normalized spacial score (nSPS) is 21.8. The third-order valence-electron chi connectivity index (χ3n) is 3.56. The zero-order valence-corrected chi connectivity index (χ0v) is 12.3. The van der Waals surface area contributed by atoms with Crippen LogP contribution in [0.3, 0.4) is 0 Å². The van der Waals surface area contributed by atoms with Crippen LogP contribution in [0.15, 0.2) is 12.4 Å². The molecule has 1 aliphatic heterocycles. The predicted octanol–water partition coefficient (Wildman–Crippen LogP) is 1.55. The molecule has 2 unspecified atom stereocenters. The summed E-state index contributed by atoms with van der Waals surface area (Å²) in [5.74, 6) is 0.529. The van der Waals surface area contributed by atoms with Gasteiger partial charge in [-0.2, -0.15) is 0 Å². The predicted molar refractivity (Wildman–Crippen MR) is 76.7 cm³/mol. The molecule has 6 heteroatoms. The second kappa shape index (κ2) is 6.65. The number of amides is 1. The fraction of sp³-hybridized carbons (Fsp3) is 0.643. The first-order valence-corrected chi connectivity index (χ1v) is 7.08. The highest BCUT2D eigenvalue weighted by Crippen LogP contribution is 2.19. The molecule has 0 saturated carbocycles. The van der Waals surface area contributed by atoms with Crippen molar-refractivity contribution in [2.45, 2.75) is 38.8 Å². The summed E-state index contributed by atoms with van der Waals surface area (Å²) >= 11 is 0. The van der Waals surface area contributed by atoms with Crippen molar-refractivity contribution in [2.75, 3.05) is 25.5 Å². The first-order valence-electron chi connectivity index (χ1n) is 7.08. The Balaban J connectivity index is 2.08.